The minimum atomic E-state index is -0.653. The highest BCUT2D eigenvalue weighted by Gasteiger charge is 2.27. The second-order valence-electron chi connectivity index (χ2n) is 5.07. The van der Waals surface area contributed by atoms with Gasteiger partial charge in [0.15, 0.2) is 6.10 Å². The molecule has 1 aromatic carbocycles. The Kier molecular flexibility index (Phi) is 6.30. The van der Waals surface area contributed by atoms with Crippen LogP contribution in [0.1, 0.15) is 33.6 Å². The van der Waals surface area contributed by atoms with Crippen LogP contribution in [0.3, 0.4) is 0 Å². The molecule has 20 heavy (non-hydrogen) atoms. The Balaban J connectivity index is 2.66. The van der Waals surface area contributed by atoms with Crippen molar-refractivity contribution in [2.45, 2.75) is 45.3 Å². The number of amides is 1. The smallest absolute Gasteiger partial charge is 0.261 e. The fourth-order valence-electron chi connectivity index (χ4n) is 1.76. The zero-order chi connectivity index (χ0) is 15.2. The van der Waals surface area contributed by atoms with E-state index in [1.54, 1.807) is 31.2 Å². The molecule has 2 unspecified atom stereocenters. The number of hydrogen-bond acceptors (Lipinski definition) is 3. The van der Waals surface area contributed by atoms with E-state index in [0.717, 1.165) is 6.42 Å². The van der Waals surface area contributed by atoms with Gasteiger partial charge in [0.2, 0.25) is 0 Å². The third-order valence-electron chi connectivity index (χ3n) is 3.38. The predicted octanol–water partition coefficient (Wildman–Crippen LogP) is 2.77. The van der Waals surface area contributed by atoms with Crippen molar-refractivity contribution in [2.24, 2.45) is 0 Å². The van der Waals surface area contributed by atoms with Crippen LogP contribution in [-0.4, -0.2) is 29.3 Å². The van der Waals surface area contributed by atoms with Crippen molar-refractivity contribution < 1.29 is 14.6 Å². The SMILES string of the molecule is CCC(C)(CCO)NC(=O)C(C)Oc1ccccc1Cl. The van der Waals surface area contributed by atoms with Crippen molar-refractivity contribution in [3.05, 3.63) is 29.3 Å². The summed E-state index contributed by atoms with van der Waals surface area (Å²) < 4.78 is 5.57. The van der Waals surface area contributed by atoms with Crippen LogP contribution in [0.25, 0.3) is 0 Å². The molecule has 1 rings (SSSR count). The maximum atomic E-state index is 12.1. The largest absolute Gasteiger partial charge is 0.479 e. The van der Waals surface area contributed by atoms with Gasteiger partial charge in [0, 0.05) is 12.1 Å². The Morgan fingerprint density at radius 2 is 2.15 bits per heavy atom. The number of ether oxygens (including phenoxy) is 1. The molecule has 0 aliphatic rings. The van der Waals surface area contributed by atoms with Crippen molar-refractivity contribution in [1.82, 2.24) is 5.32 Å². The Bertz CT molecular complexity index is 452. The molecule has 0 spiro atoms. The van der Waals surface area contributed by atoms with Crippen LogP contribution in [-0.2, 0) is 4.79 Å². The zero-order valence-corrected chi connectivity index (χ0v) is 12.9. The molecule has 1 amide bonds. The molecular weight excluding hydrogens is 278 g/mol. The highest BCUT2D eigenvalue weighted by molar-refractivity contribution is 6.32. The van der Waals surface area contributed by atoms with Gasteiger partial charge in [0.1, 0.15) is 5.75 Å². The van der Waals surface area contributed by atoms with Gasteiger partial charge in [-0.2, -0.15) is 0 Å². The number of carbonyl (C=O) groups is 1. The summed E-state index contributed by atoms with van der Waals surface area (Å²) in [5.74, 6) is 0.264. The molecule has 0 aromatic heterocycles. The number of nitrogens with one attached hydrogen (secondary N) is 1. The van der Waals surface area contributed by atoms with E-state index in [1.807, 2.05) is 13.8 Å². The van der Waals surface area contributed by atoms with Gasteiger partial charge < -0.3 is 15.2 Å². The first kappa shape index (κ1) is 16.8. The number of carbonyl (C=O) groups excluding carboxylic acids is 1. The highest BCUT2D eigenvalue weighted by Crippen LogP contribution is 2.24. The molecule has 0 fully saturated rings. The summed E-state index contributed by atoms with van der Waals surface area (Å²) in [5.41, 5.74) is -0.427. The molecule has 0 aliphatic carbocycles. The average Bonchev–Trinajstić information content (AvgIpc) is 2.41. The summed E-state index contributed by atoms with van der Waals surface area (Å²) in [6.07, 6.45) is 0.589. The number of halogens is 1. The minimum Gasteiger partial charge on any atom is -0.479 e. The van der Waals surface area contributed by atoms with Crippen LogP contribution in [0.2, 0.25) is 5.02 Å². The van der Waals surface area contributed by atoms with Crippen molar-refractivity contribution in [1.29, 1.82) is 0 Å². The van der Waals surface area contributed by atoms with Crippen LogP contribution in [0.5, 0.6) is 5.75 Å². The monoisotopic (exact) mass is 299 g/mol. The van der Waals surface area contributed by atoms with Gasteiger partial charge in [-0.15, -0.1) is 0 Å². The van der Waals surface area contributed by atoms with E-state index >= 15 is 0 Å². The molecule has 0 bridgehead atoms. The third kappa shape index (κ3) is 4.69. The van der Waals surface area contributed by atoms with Crippen LogP contribution in [0.15, 0.2) is 24.3 Å². The van der Waals surface area contributed by atoms with Crippen molar-refractivity contribution >= 4 is 17.5 Å². The van der Waals surface area contributed by atoms with Gasteiger partial charge in [0.25, 0.3) is 5.91 Å². The summed E-state index contributed by atoms with van der Waals surface area (Å²) in [7, 11) is 0. The first-order valence-corrected chi connectivity index (χ1v) is 7.13. The van der Waals surface area contributed by atoms with E-state index in [0.29, 0.717) is 17.2 Å². The van der Waals surface area contributed by atoms with Gasteiger partial charge in [-0.1, -0.05) is 30.7 Å². The summed E-state index contributed by atoms with van der Waals surface area (Å²) in [4.78, 5) is 12.1. The molecule has 112 valence electrons. The van der Waals surface area contributed by atoms with Crippen molar-refractivity contribution in [3.63, 3.8) is 0 Å². The molecule has 0 saturated carbocycles. The number of para-hydroxylation sites is 1. The second-order valence-corrected chi connectivity index (χ2v) is 5.47. The lowest BCUT2D eigenvalue weighted by Crippen LogP contribution is -2.50. The second kappa shape index (κ2) is 7.50. The number of rotatable bonds is 7. The molecule has 0 heterocycles. The summed E-state index contributed by atoms with van der Waals surface area (Å²) in [6, 6.07) is 7.03. The normalized spacial score (nSPS) is 15.2. The molecule has 2 atom stereocenters. The number of aliphatic hydroxyl groups excluding tert-OH is 1. The van der Waals surface area contributed by atoms with Crippen molar-refractivity contribution in [3.8, 4) is 5.75 Å². The van der Waals surface area contributed by atoms with Crippen LogP contribution < -0.4 is 10.1 Å². The van der Waals surface area contributed by atoms with Gasteiger partial charge in [-0.05, 0) is 38.8 Å². The number of hydrogen-bond donors (Lipinski definition) is 2. The topological polar surface area (TPSA) is 58.6 Å². The average molecular weight is 300 g/mol. The van der Waals surface area contributed by atoms with Crippen LogP contribution in [0.4, 0.5) is 0 Å². The molecule has 0 saturated heterocycles. The van der Waals surface area contributed by atoms with Gasteiger partial charge in [-0.3, -0.25) is 4.79 Å². The zero-order valence-electron chi connectivity index (χ0n) is 12.1. The Labute approximate surface area is 125 Å². The number of benzene rings is 1. The standard InChI is InChI=1S/C15H22ClNO3/c1-4-15(3,9-10-18)17-14(19)11(2)20-13-8-6-5-7-12(13)16/h5-8,11,18H,4,9-10H2,1-3H3,(H,17,19). The van der Waals surface area contributed by atoms with E-state index in [2.05, 4.69) is 5.32 Å². The van der Waals surface area contributed by atoms with Gasteiger partial charge in [-0.25, -0.2) is 0 Å². The quantitative estimate of drug-likeness (QED) is 0.814. The number of aliphatic hydroxyl groups is 1. The van der Waals surface area contributed by atoms with Crippen LogP contribution in [0, 0.1) is 0 Å². The van der Waals surface area contributed by atoms with E-state index in [4.69, 9.17) is 21.4 Å². The summed E-state index contributed by atoms with van der Waals surface area (Å²) >= 11 is 5.99. The van der Waals surface area contributed by atoms with E-state index in [-0.39, 0.29) is 12.5 Å². The summed E-state index contributed by atoms with van der Waals surface area (Å²) in [6.45, 7) is 5.58. The van der Waals surface area contributed by atoms with Gasteiger partial charge >= 0.3 is 0 Å². The fourth-order valence-corrected chi connectivity index (χ4v) is 1.94. The highest BCUT2D eigenvalue weighted by atomic mass is 35.5. The lowest BCUT2D eigenvalue weighted by atomic mass is 9.94. The molecule has 2 N–H and O–H groups in total. The third-order valence-corrected chi connectivity index (χ3v) is 3.69. The van der Waals surface area contributed by atoms with Crippen molar-refractivity contribution in [2.75, 3.05) is 6.61 Å². The summed E-state index contributed by atoms with van der Waals surface area (Å²) in [5, 5.41) is 12.4. The molecule has 0 radical (unpaired) electrons. The van der Waals surface area contributed by atoms with E-state index in [9.17, 15) is 4.79 Å². The van der Waals surface area contributed by atoms with Gasteiger partial charge in [0.05, 0.1) is 5.02 Å². The Morgan fingerprint density at radius 3 is 2.70 bits per heavy atom. The minimum absolute atomic E-state index is 0.0321. The molecule has 5 heteroatoms. The molecule has 0 aliphatic heterocycles. The maximum Gasteiger partial charge on any atom is 0.261 e. The lowest BCUT2D eigenvalue weighted by molar-refractivity contribution is -0.129. The lowest BCUT2D eigenvalue weighted by Gasteiger charge is -2.30. The van der Waals surface area contributed by atoms with E-state index in [1.165, 1.54) is 0 Å². The molecule has 1 aromatic rings. The Hall–Kier alpha value is -1.26. The first-order chi connectivity index (χ1) is 9.41. The predicted molar refractivity (Wildman–Crippen MR) is 80.1 cm³/mol. The molecular formula is C15H22ClNO3. The van der Waals surface area contributed by atoms with E-state index < -0.39 is 11.6 Å². The maximum absolute atomic E-state index is 12.1. The van der Waals surface area contributed by atoms with Crippen LogP contribution >= 0.6 is 11.6 Å². The fraction of sp³-hybridized carbons (Fsp3) is 0.533. The molecule has 4 nitrogen and oxygen atoms in total. The first-order valence-electron chi connectivity index (χ1n) is 6.76. The Morgan fingerprint density at radius 1 is 1.50 bits per heavy atom.